The summed E-state index contributed by atoms with van der Waals surface area (Å²) in [5, 5.41) is 0. The van der Waals surface area contributed by atoms with Crippen molar-refractivity contribution in [1.29, 1.82) is 0 Å². The molecule has 0 aliphatic rings. The largest absolute Gasteiger partial charge is 0.255 e. The van der Waals surface area contributed by atoms with Crippen molar-refractivity contribution in [2.24, 2.45) is 0 Å². The molecule has 0 aromatic rings. The van der Waals surface area contributed by atoms with E-state index in [1.54, 1.807) is 0 Å². The van der Waals surface area contributed by atoms with E-state index in [0.717, 1.165) is 0 Å². The first-order valence-corrected chi connectivity index (χ1v) is 10.7. The predicted octanol–water partition coefficient (Wildman–Crippen LogP) is 6.55. The third-order valence-corrected chi connectivity index (χ3v) is 11.5. The zero-order valence-electron chi connectivity index (χ0n) is 13.7. The zero-order valence-corrected chi connectivity index (χ0v) is 17.6. The second kappa shape index (κ2) is 7.86. The molecule has 0 unspecified atom stereocenters. The monoisotopic (exact) mass is 383 g/mol. The fourth-order valence-corrected chi connectivity index (χ4v) is 9.67. The first kappa shape index (κ1) is 21.5. The van der Waals surface area contributed by atoms with Crippen LogP contribution in [0.15, 0.2) is 0 Å². The van der Waals surface area contributed by atoms with Crippen LogP contribution in [-0.2, 0) is 0 Å². The Kier molecular flexibility index (Phi) is 8.46. The van der Waals surface area contributed by atoms with Gasteiger partial charge in [-0.2, -0.15) is 0 Å². The first-order valence-electron chi connectivity index (χ1n) is 7.01. The fourth-order valence-electron chi connectivity index (χ4n) is 2.80. The number of alkyl halides is 3. The lowest BCUT2D eigenvalue weighted by Crippen LogP contribution is -2.49. The molecule has 0 bridgehead atoms. The summed E-state index contributed by atoms with van der Waals surface area (Å²) in [5.41, 5.74) is 0. The van der Waals surface area contributed by atoms with Crippen LogP contribution in [0.25, 0.3) is 0 Å². The van der Waals surface area contributed by atoms with Gasteiger partial charge in [0.1, 0.15) is 6.92 Å². The van der Waals surface area contributed by atoms with Crippen LogP contribution >= 0.6 is 53.0 Å². The summed E-state index contributed by atoms with van der Waals surface area (Å²) in [6.07, 6.45) is 0. The van der Waals surface area contributed by atoms with Gasteiger partial charge < -0.3 is 0 Å². The summed E-state index contributed by atoms with van der Waals surface area (Å²) in [7, 11) is 0. The number of hydrogen-bond acceptors (Lipinski definition) is 2. The summed E-state index contributed by atoms with van der Waals surface area (Å²) >= 11 is 26.2. The van der Waals surface area contributed by atoms with Crippen LogP contribution in [0.1, 0.15) is 55.4 Å². The molecule has 0 rings (SSSR count). The Morgan fingerprint density at radius 2 is 0.850 bits per heavy atom. The first-order chi connectivity index (χ1) is 8.78. The Morgan fingerprint density at radius 3 is 0.950 bits per heavy atom. The molecule has 0 aliphatic carbocycles. The molecular weight excluding hydrogens is 357 g/mol. The maximum absolute atomic E-state index is 7.09. The highest BCUT2D eigenvalue weighted by Crippen LogP contribution is 2.83. The molecule has 0 fully saturated rings. The average molecular weight is 385 g/mol. The van der Waals surface area contributed by atoms with Crippen molar-refractivity contribution in [3.63, 3.8) is 0 Å². The molecule has 0 spiro atoms. The standard InChI is InChI=1S/C13H28Cl4N2P/c1-9(2)18(10(3)4)20(17,13(14,15)16)19(11(5)6)12(7)8/h9-12H,1-8H3. The minimum Gasteiger partial charge on any atom is -0.255 e. The maximum atomic E-state index is 7.09. The Labute approximate surface area is 145 Å². The third-order valence-electron chi connectivity index (χ3n) is 3.05. The zero-order chi connectivity index (χ0) is 16.5. The van der Waals surface area contributed by atoms with Gasteiger partial charge in [0.2, 0.25) is 3.53 Å². The third kappa shape index (κ3) is 4.51. The smallest absolute Gasteiger partial charge is 0.244 e. The Balaban J connectivity index is 6.09. The molecule has 0 saturated carbocycles. The van der Waals surface area contributed by atoms with Crippen LogP contribution in [0.4, 0.5) is 0 Å². The molecule has 2 nitrogen and oxygen atoms in total. The average Bonchev–Trinajstić information content (AvgIpc) is 2.11. The van der Waals surface area contributed by atoms with Crippen molar-refractivity contribution in [2.75, 3.05) is 0 Å². The summed E-state index contributed by atoms with van der Waals surface area (Å²) in [6.45, 7) is 14.1. The van der Waals surface area contributed by atoms with Gasteiger partial charge in [-0.25, -0.2) is 0 Å². The Bertz CT molecular complexity index is 267. The number of nitrogens with zero attached hydrogens (tertiary/aromatic N) is 2. The Hall–Kier alpha value is 1.51. The lowest BCUT2D eigenvalue weighted by molar-refractivity contribution is 0.251. The van der Waals surface area contributed by atoms with E-state index in [1.165, 1.54) is 0 Å². The highest BCUT2D eigenvalue weighted by atomic mass is 35.7. The summed E-state index contributed by atoms with van der Waals surface area (Å²) in [4.78, 5) is 0. The van der Waals surface area contributed by atoms with Crippen molar-refractivity contribution >= 4 is 53.0 Å². The molecular formula is C13H28Cl4N2P. The molecule has 0 atom stereocenters. The van der Waals surface area contributed by atoms with Gasteiger partial charge in [-0.15, -0.1) is 0 Å². The summed E-state index contributed by atoms with van der Waals surface area (Å²) in [6, 6.07) is 0.765. The molecule has 7 heteroatoms. The number of hydrogen-bond donors (Lipinski definition) is 0. The molecule has 123 valence electrons. The van der Waals surface area contributed by atoms with Crippen LogP contribution < -0.4 is 0 Å². The quantitative estimate of drug-likeness (QED) is 0.378. The van der Waals surface area contributed by atoms with Crippen LogP contribution in [0.3, 0.4) is 0 Å². The molecule has 0 aromatic carbocycles. The van der Waals surface area contributed by atoms with Crippen molar-refractivity contribution in [1.82, 2.24) is 9.34 Å². The SMILES string of the molecule is CC(C)N(C(C)C)[P](Cl)(N(C(C)C)C(C)C)C(Cl)(Cl)Cl. The van der Waals surface area contributed by atoms with E-state index in [4.69, 9.17) is 46.0 Å². The van der Waals surface area contributed by atoms with E-state index in [9.17, 15) is 0 Å². The van der Waals surface area contributed by atoms with Gasteiger partial charge in [-0.3, -0.25) is 9.34 Å². The van der Waals surface area contributed by atoms with Crippen molar-refractivity contribution in [3.8, 4) is 0 Å². The second-order valence-electron chi connectivity index (χ2n) is 6.13. The van der Waals surface area contributed by atoms with Crippen molar-refractivity contribution in [2.45, 2.75) is 83.1 Å². The van der Waals surface area contributed by atoms with Gasteiger partial charge in [-0.05, 0) is 55.4 Å². The lowest BCUT2D eigenvalue weighted by atomic mass is 10.3. The van der Waals surface area contributed by atoms with E-state index in [1.807, 2.05) is 0 Å². The second-order valence-corrected chi connectivity index (χ2v) is 13.3. The summed E-state index contributed by atoms with van der Waals surface area (Å²) in [5.74, 6) is 0. The molecule has 0 aromatic heterocycles. The van der Waals surface area contributed by atoms with Gasteiger partial charge in [-0.1, -0.05) is 46.0 Å². The summed E-state index contributed by atoms with van der Waals surface area (Å²) < 4.78 is 2.81. The highest BCUT2D eigenvalue weighted by molar-refractivity contribution is 8.00. The minimum absolute atomic E-state index is 0.191. The van der Waals surface area contributed by atoms with Crippen LogP contribution in [0.5, 0.6) is 0 Å². The van der Waals surface area contributed by atoms with Crippen molar-refractivity contribution < 1.29 is 0 Å². The van der Waals surface area contributed by atoms with E-state index in [-0.39, 0.29) is 24.2 Å². The highest BCUT2D eigenvalue weighted by Gasteiger charge is 2.56. The minimum atomic E-state index is -2.66. The molecule has 0 heterocycles. The molecule has 0 aliphatic heterocycles. The van der Waals surface area contributed by atoms with Gasteiger partial charge in [0.15, 0.2) is 0 Å². The molecule has 0 saturated heterocycles. The number of halogens is 4. The van der Waals surface area contributed by atoms with Crippen LogP contribution in [0, 0.1) is 0 Å². The van der Waals surface area contributed by atoms with E-state index >= 15 is 0 Å². The van der Waals surface area contributed by atoms with Crippen molar-refractivity contribution in [3.05, 3.63) is 0 Å². The molecule has 0 amide bonds. The topological polar surface area (TPSA) is 6.48 Å². The molecule has 0 N–H and O–H groups in total. The molecule has 20 heavy (non-hydrogen) atoms. The van der Waals surface area contributed by atoms with Gasteiger partial charge in [0.25, 0.3) is 0 Å². The van der Waals surface area contributed by atoms with E-state index < -0.39 is 10.5 Å². The fraction of sp³-hybridized carbons (Fsp3) is 1.00. The predicted molar refractivity (Wildman–Crippen MR) is 97.3 cm³/mol. The van der Waals surface area contributed by atoms with Gasteiger partial charge >= 0.3 is 0 Å². The number of rotatable bonds is 6. The van der Waals surface area contributed by atoms with E-state index in [0.29, 0.717) is 0 Å². The normalized spacial score (nSPS) is 14.7. The van der Waals surface area contributed by atoms with E-state index in [2.05, 4.69) is 64.7 Å². The van der Waals surface area contributed by atoms with Crippen LogP contribution in [0.2, 0.25) is 0 Å². The maximum Gasteiger partial charge on any atom is 0.244 e. The van der Waals surface area contributed by atoms with Gasteiger partial charge in [0.05, 0.1) is 0 Å². The van der Waals surface area contributed by atoms with Gasteiger partial charge in [0, 0.05) is 24.2 Å². The lowest BCUT2D eigenvalue weighted by Gasteiger charge is -2.57. The molecule has 1 radical (unpaired) electrons. The van der Waals surface area contributed by atoms with Crippen LogP contribution in [-0.4, -0.2) is 37.0 Å². The Morgan fingerprint density at radius 1 is 0.650 bits per heavy atom.